The fraction of sp³-hybridized carbons (Fsp3) is 0.632. The first-order valence-corrected chi connectivity index (χ1v) is 8.89. The number of unbranched alkanes of at least 4 members (excludes halogenated alkanes) is 5. The first kappa shape index (κ1) is 19.3. The standard InChI is InChI=1S/C19H31NO3/c1-2-3-4-5-6-7-9-16(10-8-11-19(22)23)20-17-12-14-18(21)15-13-17/h12-16,20-21H,2-11H2,1H3,(H,22,23). The predicted octanol–water partition coefficient (Wildman–Crippen LogP) is 5.18. The summed E-state index contributed by atoms with van der Waals surface area (Å²) < 4.78 is 0. The molecule has 0 saturated carbocycles. The Morgan fingerprint density at radius 2 is 1.61 bits per heavy atom. The van der Waals surface area contributed by atoms with Gasteiger partial charge in [-0.15, -0.1) is 0 Å². The van der Waals surface area contributed by atoms with Gasteiger partial charge in [-0.1, -0.05) is 45.4 Å². The van der Waals surface area contributed by atoms with Crippen molar-refractivity contribution in [2.24, 2.45) is 0 Å². The topological polar surface area (TPSA) is 69.6 Å². The van der Waals surface area contributed by atoms with Crippen LogP contribution >= 0.6 is 0 Å². The van der Waals surface area contributed by atoms with Crippen LogP contribution in [-0.2, 0) is 4.79 Å². The quantitative estimate of drug-likeness (QED) is 0.346. The van der Waals surface area contributed by atoms with Gasteiger partial charge >= 0.3 is 5.97 Å². The van der Waals surface area contributed by atoms with Crippen molar-refractivity contribution < 1.29 is 15.0 Å². The lowest BCUT2D eigenvalue weighted by Crippen LogP contribution is -2.19. The highest BCUT2D eigenvalue weighted by Crippen LogP contribution is 2.19. The number of phenols is 1. The van der Waals surface area contributed by atoms with Crippen LogP contribution < -0.4 is 5.32 Å². The molecule has 4 nitrogen and oxygen atoms in total. The molecule has 1 aromatic carbocycles. The van der Waals surface area contributed by atoms with E-state index in [9.17, 15) is 9.90 Å². The van der Waals surface area contributed by atoms with Crippen molar-refractivity contribution in [1.82, 2.24) is 0 Å². The van der Waals surface area contributed by atoms with Crippen molar-refractivity contribution in [3.63, 3.8) is 0 Å². The van der Waals surface area contributed by atoms with Crippen LogP contribution in [0.25, 0.3) is 0 Å². The summed E-state index contributed by atoms with van der Waals surface area (Å²) in [5.74, 6) is -0.471. The van der Waals surface area contributed by atoms with E-state index in [-0.39, 0.29) is 12.2 Å². The van der Waals surface area contributed by atoms with Crippen LogP contribution in [0, 0.1) is 0 Å². The number of hydrogen-bond acceptors (Lipinski definition) is 3. The Labute approximate surface area is 139 Å². The molecule has 130 valence electrons. The molecule has 0 aromatic heterocycles. The van der Waals surface area contributed by atoms with Crippen LogP contribution in [0.15, 0.2) is 24.3 Å². The predicted molar refractivity (Wildman–Crippen MR) is 95.0 cm³/mol. The molecule has 0 aliphatic rings. The second kappa shape index (κ2) is 11.8. The van der Waals surface area contributed by atoms with Gasteiger partial charge in [0.1, 0.15) is 5.75 Å². The average Bonchev–Trinajstić information content (AvgIpc) is 2.52. The van der Waals surface area contributed by atoms with E-state index >= 15 is 0 Å². The summed E-state index contributed by atoms with van der Waals surface area (Å²) >= 11 is 0. The molecule has 0 aliphatic heterocycles. The Morgan fingerprint density at radius 1 is 1.00 bits per heavy atom. The van der Waals surface area contributed by atoms with Gasteiger partial charge in [-0.25, -0.2) is 0 Å². The Bertz CT molecular complexity index is 431. The number of rotatable bonds is 13. The fourth-order valence-corrected chi connectivity index (χ4v) is 2.75. The summed E-state index contributed by atoms with van der Waals surface area (Å²) in [5, 5.41) is 21.6. The molecule has 0 heterocycles. The molecule has 0 aliphatic carbocycles. The molecule has 4 heteroatoms. The zero-order valence-electron chi connectivity index (χ0n) is 14.3. The largest absolute Gasteiger partial charge is 0.508 e. The lowest BCUT2D eigenvalue weighted by atomic mass is 10.0. The van der Waals surface area contributed by atoms with Crippen LogP contribution in [0.3, 0.4) is 0 Å². The van der Waals surface area contributed by atoms with Gasteiger partial charge in [-0.3, -0.25) is 4.79 Å². The smallest absolute Gasteiger partial charge is 0.303 e. The third kappa shape index (κ3) is 9.82. The zero-order valence-corrected chi connectivity index (χ0v) is 14.3. The minimum absolute atomic E-state index is 0.226. The number of nitrogens with one attached hydrogen (secondary N) is 1. The molecule has 0 saturated heterocycles. The minimum Gasteiger partial charge on any atom is -0.508 e. The second-order valence-electron chi connectivity index (χ2n) is 6.23. The van der Waals surface area contributed by atoms with Gasteiger partial charge in [0.2, 0.25) is 0 Å². The van der Waals surface area contributed by atoms with Crippen LogP contribution in [-0.4, -0.2) is 22.2 Å². The number of carbonyl (C=O) groups is 1. The van der Waals surface area contributed by atoms with Crippen molar-refractivity contribution >= 4 is 11.7 Å². The van der Waals surface area contributed by atoms with Gasteiger partial charge in [-0.05, 0) is 43.5 Å². The molecule has 0 spiro atoms. The minimum atomic E-state index is -0.729. The van der Waals surface area contributed by atoms with E-state index < -0.39 is 5.97 Å². The Morgan fingerprint density at radius 3 is 2.26 bits per heavy atom. The van der Waals surface area contributed by atoms with Crippen molar-refractivity contribution in [1.29, 1.82) is 0 Å². The highest BCUT2D eigenvalue weighted by Gasteiger charge is 2.10. The van der Waals surface area contributed by atoms with E-state index in [4.69, 9.17) is 5.11 Å². The number of benzene rings is 1. The molecule has 1 atom stereocenters. The summed E-state index contributed by atoms with van der Waals surface area (Å²) in [7, 11) is 0. The number of hydrogen-bond donors (Lipinski definition) is 3. The van der Waals surface area contributed by atoms with Crippen LogP contribution in [0.1, 0.15) is 71.1 Å². The first-order valence-electron chi connectivity index (χ1n) is 8.89. The van der Waals surface area contributed by atoms with Crippen molar-refractivity contribution in [3.05, 3.63) is 24.3 Å². The lowest BCUT2D eigenvalue weighted by molar-refractivity contribution is -0.137. The highest BCUT2D eigenvalue weighted by atomic mass is 16.4. The monoisotopic (exact) mass is 321 g/mol. The number of carboxylic acids is 1. The van der Waals surface area contributed by atoms with Gasteiger partial charge in [-0.2, -0.15) is 0 Å². The summed E-state index contributed by atoms with van der Waals surface area (Å²) in [5.41, 5.74) is 0.981. The summed E-state index contributed by atoms with van der Waals surface area (Å²) in [6.45, 7) is 2.22. The highest BCUT2D eigenvalue weighted by molar-refractivity contribution is 5.66. The summed E-state index contributed by atoms with van der Waals surface area (Å²) in [6, 6.07) is 7.36. The molecule has 0 radical (unpaired) electrons. The van der Waals surface area contributed by atoms with E-state index in [1.807, 2.05) is 12.1 Å². The van der Waals surface area contributed by atoms with Crippen LogP contribution in [0.5, 0.6) is 5.75 Å². The third-order valence-electron chi connectivity index (χ3n) is 4.09. The SMILES string of the molecule is CCCCCCCCC(CCCC(=O)O)Nc1ccc(O)cc1. The van der Waals surface area contributed by atoms with Crippen LogP contribution in [0.4, 0.5) is 5.69 Å². The second-order valence-corrected chi connectivity index (χ2v) is 6.23. The molecule has 0 amide bonds. The average molecular weight is 321 g/mol. The maximum atomic E-state index is 10.7. The zero-order chi connectivity index (χ0) is 16.9. The van der Waals surface area contributed by atoms with Gasteiger partial charge < -0.3 is 15.5 Å². The summed E-state index contributed by atoms with van der Waals surface area (Å²) in [4.78, 5) is 10.7. The molecular formula is C19H31NO3. The number of aliphatic carboxylic acids is 1. The number of phenolic OH excluding ortho intramolecular Hbond substituents is 1. The van der Waals surface area contributed by atoms with E-state index in [1.165, 1.54) is 38.5 Å². The maximum absolute atomic E-state index is 10.7. The Balaban J connectivity index is 2.38. The van der Waals surface area contributed by atoms with Gasteiger partial charge in [0, 0.05) is 18.2 Å². The van der Waals surface area contributed by atoms with Gasteiger partial charge in [0.05, 0.1) is 0 Å². The molecule has 3 N–H and O–H groups in total. The normalized spacial score (nSPS) is 12.0. The van der Waals surface area contributed by atoms with Gasteiger partial charge in [0.15, 0.2) is 0 Å². The van der Waals surface area contributed by atoms with E-state index in [0.29, 0.717) is 12.5 Å². The third-order valence-corrected chi connectivity index (χ3v) is 4.09. The van der Waals surface area contributed by atoms with Crippen molar-refractivity contribution in [3.8, 4) is 5.75 Å². The molecular weight excluding hydrogens is 290 g/mol. The number of aromatic hydroxyl groups is 1. The molecule has 0 bridgehead atoms. The van der Waals surface area contributed by atoms with Crippen LogP contribution in [0.2, 0.25) is 0 Å². The molecule has 1 aromatic rings. The molecule has 23 heavy (non-hydrogen) atoms. The summed E-state index contributed by atoms with van der Waals surface area (Å²) in [6.07, 6.45) is 10.4. The van der Waals surface area contributed by atoms with Crippen molar-refractivity contribution in [2.45, 2.75) is 77.2 Å². The fourth-order valence-electron chi connectivity index (χ4n) is 2.75. The number of carboxylic acid groups (broad SMARTS) is 1. The molecule has 1 unspecified atom stereocenters. The lowest BCUT2D eigenvalue weighted by Gasteiger charge is -2.20. The van der Waals surface area contributed by atoms with Crippen molar-refractivity contribution in [2.75, 3.05) is 5.32 Å². The maximum Gasteiger partial charge on any atom is 0.303 e. The van der Waals surface area contributed by atoms with Gasteiger partial charge in [0.25, 0.3) is 0 Å². The Kier molecular flexibility index (Phi) is 9.92. The molecule has 1 rings (SSSR count). The number of anilines is 1. The van der Waals surface area contributed by atoms with E-state index in [2.05, 4.69) is 12.2 Å². The molecule has 0 fully saturated rings. The van der Waals surface area contributed by atoms with E-state index in [1.54, 1.807) is 12.1 Å². The Hall–Kier alpha value is -1.71. The van der Waals surface area contributed by atoms with E-state index in [0.717, 1.165) is 18.5 Å². The first-order chi connectivity index (χ1) is 11.1.